The molecule has 3 aliphatic heterocycles. The normalized spacial score (nSPS) is 31.8. The maximum absolute atomic E-state index is 13.4. The van der Waals surface area contributed by atoms with Gasteiger partial charge >= 0.3 is 0 Å². The van der Waals surface area contributed by atoms with Crippen LogP contribution in [-0.2, 0) is 19.9 Å². The lowest BCUT2D eigenvalue weighted by Gasteiger charge is -2.30. The van der Waals surface area contributed by atoms with Gasteiger partial charge in [0.1, 0.15) is 5.54 Å². The quantitative estimate of drug-likeness (QED) is 0.798. The van der Waals surface area contributed by atoms with Gasteiger partial charge in [0.2, 0.25) is 17.7 Å². The van der Waals surface area contributed by atoms with Gasteiger partial charge in [-0.25, -0.2) is 0 Å². The summed E-state index contributed by atoms with van der Waals surface area (Å²) >= 11 is 0. The van der Waals surface area contributed by atoms with E-state index in [4.69, 9.17) is 0 Å². The van der Waals surface area contributed by atoms with Crippen LogP contribution in [0.5, 0.6) is 0 Å². The molecule has 0 saturated carbocycles. The first kappa shape index (κ1) is 18.2. The van der Waals surface area contributed by atoms with Gasteiger partial charge in [0.05, 0.1) is 11.8 Å². The first-order chi connectivity index (χ1) is 12.8. The number of carbonyl (C=O) groups is 3. The Kier molecular flexibility index (Phi) is 4.14. The molecule has 2 N–H and O–H groups in total. The molecule has 4 atom stereocenters. The molecule has 2 fully saturated rings. The highest BCUT2D eigenvalue weighted by Crippen LogP contribution is 2.54. The van der Waals surface area contributed by atoms with Crippen LogP contribution in [0.25, 0.3) is 0 Å². The van der Waals surface area contributed by atoms with E-state index in [0.717, 1.165) is 29.7 Å². The molecule has 27 heavy (non-hydrogen) atoms. The number of imide groups is 1. The van der Waals surface area contributed by atoms with Crippen molar-refractivity contribution in [1.29, 1.82) is 0 Å². The number of likely N-dealkylation sites (tertiary alicyclic amines) is 1. The number of unbranched alkanes of at least 4 members (excludes halogenated alkanes) is 1. The van der Waals surface area contributed by atoms with Gasteiger partial charge in [-0.2, -0.15) is 0 Å². The maximum Gasteiger partial charge on any atom is 0.250 e. The lowest BCUT2D eigenvalue weighted by atomic mass is 9.75. The molecule has 0 aliphatic carbocycles. The van der Waals surface area contributed by atoms with Crippen molar-refractivity contribution >= 4 is 23.4 Å². The number of carbonyl (C=O) groups excluding carboxylic acids is 3. The lowest BCUT2D eigenvalue weighted by Crippen LogP contribution is -2.54. The summed E-state index contributed by atoms with van der Waals surface area (Å²) in [6, 6.07) is 5.54. The molecule has 3 amide bonds. The summed E-state index contributed by atoms with van der Waals surface area (Å²) in [5.41, 5.74) is 1.37. The second-order valence-corrected chi connectivity index (χ2v) is 8.36. The molecular formula is C21H27N3O3. The fourth-order valence-corrected chi connectivity index (χ4v) is 5.08. The van der Waals surface area contributed by atoms with Crippen molar-refractivity contribution in [3.63, 3.8) is 0 Å². The van der Waals surface area contributed by atoms with Crippen LogP contribution in [-0.4, -0.2) is 35.2 Å². The van der Waals surface area contributed by atoms with Crippen molar-refractivity contribution < 1.29 is 14.4 Å². The topological polar surface area (TPSA) is 78.5 Å². The van der Waals surface area contributed by atoms with Crippen LogP contribution >= 0.6 is 0 Å². The molecule has 0 radical (unpaired) electrons. The van der Waals surface area contributed by atoms with Gasteiger partial charge in [-0.3, -0.25) is 24.6 Å². The Morgan fingerprint density at radius 2 is 1.93 bits per heavy atom. The van der Waals surface area contributed by atoms with Crippen molar-refractivity contribution in [3.8, 4) is 0 Å². The number of hydrogen-bond acceptors (Lipinski definition) is 4. The van der Waals surface area contributed by atoms with Gasteiger partial charge in [-0.15, -0.1) is 0 Å². The zero-order valence-electron chi connectivity index (χ0n) is 16.3. The Bertz CT molecular complexity index is 834. The van der Waals surface area contributed by atoms with Crippen LogP contribution in [0.3, 0.4) is 0 Å². The average molecular weight is 369 g/mol. The van der Waals surface area contributed by atoms with Crippen LogP contribution in [0.1, 0.15) is 44.7 Å². The first-order valence-corrected chi connectivity index (χ1v) is 9.89. The zero-order chi connectivity index (χ0) is 19.5. The molecule has 4 rings (SSSR count). The van der Waals surface area contributed by atoms with Crippen molar-refractivity contribution in [2.75, 3.05) is 11.9 Å². The van der Waals surface area contributed by atoms with E-state index in [-0.39, 0.29) is 29.7 Å². The number of hydrogen-bond donors (Lipinski definition) is 2. The minimum absolute atomic E-state index is 0.126. The number of rotatable bonds is 4. The second kappa shape index (κ2) is 6.16. The van der Waals surface area contributed by atoms with E-state index in [1.807, 2.05) is 45.9 Å². The van der Waals surface area contributed by atoms with E-state index < -0.39 is 17.4 Å². The summed E-state index contributed by atoms with van der Waals surface area (Å²) < 4.78 is 0. The molecule has 0 aromatic heterocycles. The number of nitrogens with zero attached hydrogens (tertiary/aromatic N) is 1. The number of nitrogens with one attached hydrogen (secondary N) is 2. The lowest BCUT2D eigenvalue weighted by molar-refractivity contribution is -0.143. The molecule has 2 saturated heterocycles. The van der Waals surface area contributed by atoms with E-state index in [9.17, 15) is 14.4 Å². The average Bonchev–Trinajstić information content (AvgIpc) is 3.21. The second-order valence-electron chi connectivity index (χ2n) is 8.36. The van der Waals surface area contributed by atoms with Crippen LogP contribution in [0.4, 0.5) is 5.69 Å². The largest absolute Gasteiger partial charge is 0.324 e. The minimum Gasteiger partial charge on any atom is -0.324 e. The molecule has 0 bridgehead atoms. The highest BCUT2D eigenvalue weighted by molar-refractivity contribution is 6.15. The van der Waals surface area contributed by atoms with Crippen LogP contribution in [0.15, 0.2) is 18.2 Å². The van der Waals surface area contributed by atoms with Crippen molar-refractivity contribution in [1.82, 2.24) is 10.2 Å². The SMILES string of the molecule is CCCCN1C(=O)[C@@H]2C(C(C)C)NC3(C(=O)Nc4c(C)cccc43)[C@@H]2C1=O. The summed E-state index contributed by atoms with van der Waals surface area (Å²) in [6.45, 7) is 8.48. The predicted octanol–water partition coefficient (Wildman–Crippen LogP) is 2.17. The van der Waals surface area contributed by atoms with Gasteiger partial charge in [0, 0.05) is 23.8 Å². The summed E-state index contributed by atoms with van der Waals surface area (Å²) in [6.07, 6.45) is 1.69. The highest BCUT2D eigenvalue weighted by Gasteiger charge is 2.70. The standard InChI is InChI=1S/C21H27N3O3/c1-5-6-10-24-18(25)14-15(19(24)26)21(23-16(14)11(2)3)13-9-7-8-12(4)17(13)22-20(21)27/h7-9,11,14-16,23H,5-6,10H2,1-4H3,(H,22,27)/t14-,15-,16?,21?/m0/s1. The Balaban J connectivity index is 1.87. The number of aryl methyl sites for hydroxylation is 1. The van der Waals surface area contributed by atoms with Crippen LogP contribution in [0, 0.1) is 24.7 Å². The Morgan fingerprint density at radius 3 is 2.59 bits per heavy atom. The maximum atomic E-state index is 13.4. The van der Waals surface area contributed by atoms with Crippen molar-refractivity contribution in [3.05, 3.63) is 29.3 Å². The van der Waals surface area contributed by atoms with Crippen LogP contribution < -0.4 is 10.6 Å². The monoisotopic (exact) mass is 369 g/mol. The van der Waals surface area contributed by atoms with E-state index in [1.54, 1.807) is 0 Å². The van der Waals surface area contributed by atoms with E-state index >= 15 is 0 Å². The molecular weight excluding hydrogens is 342 g/mol. The smallest absolute Gasteiger partial charge is 0.250 e. The Hall–Kier alpha value is -2.21. The van der Waals surface area contributed by atoms with Gasteiger partial charge in [0.15, 0.2) is 0 Å². The summed E-state index contributed by atoms with van der Waals surface area (Å²) in [5.74, 6) is -1.61. The van der Waals surface area contributed by atoms with Gasteiger partial charge in [-0.1, -0.05) is 45.4 Å². The number of fused-ring (bicyclic) bond motifs is 4. The fourth-order valence-electron chi connectivity index (χ4n) is 5.08. The molecule has 6 heteroatoms. The van der Waals surface area contributed by atoms with E-state index in [2.05, 4.69) is 10.6 Å². The highest BCUT2D eigenvalue weighted by atomic mass is 16.2. The van der Waals surface area contributed by atoms with E-state index in [0.29, 0.717) is 6.54 Å². The zero-order valence-corrected chi connectivity index (χ0v) is 16.3. The number of amides is 3. The molecule has 1 aromatic carbocycles. The molecule has 144 valence electrons. The third-order valence-corrected chi connectivity index (χ3v) is 6.44. The fraction of sp³-hybridized carbons (Fsp3) is 0.571. The third kappa shape index (κ3) is 2.25. The minimum atomic E-state index is -1.16. The molecule has 3 aliphatic rings. The molecule has 3 heterocycles. The Labute approximate surface area is 159 Å². The van der Waals surface area contributed by atoms with Crippen molar-refractivity contribution in [2.45, 2.75) is 52.1 Å². The first-order valence-electron chi connectivity index (χ1n) is 9.89. The Morgan fingerprint density at radius 1 is 1.19 bits per heavy atom. The number of para-hydroxylation sites is 1. The number of benzene rings is 1. The summed E-state index contributed by atoms with van der Waals surface area (Å²) in [4.78, 5) is 41.2. The van der Waals surface area contributed by atoms with Gasteiger partial charge in [0.25, 0.3) is 0 Å². The van der Waals surface area contributed by atoms with Gasteiger partial charge < -0.3 is 5.32 Å². The third-order valence-electron chi connectivity index (χ3n) is 6.44. The molecule has 1 aromatic rings. The van der Waals surface area contributed by atoms with Gasteiger partial charge in [-0.05, 0) is 24.8 Å². The summed E-state index contributed by atoms with van der Waals surface area (Å²) in [5, 5.41) is 6.44. The molecule has 6 nitrogen and oxygen atoms in total. The molecule has 2 unspecified atom stereocenters. The predicted molar refractivity (Wildman–Crippen MR) is 102 cm³/mol. The summed E-state index contributed by atoms with van der Waals surface area (Å²) in [7, 11) is 0. The van der Waals surface area contributed by atoms with Crippen LogP contribution in [0.2, 0.25) is 0 Å². The van der Waals surface area contributed by atoms with E-state index in [1.165, 1.54) is 4.90 Å². The molecule has 1 spiro atoms. The van der Waals surface area contributed by atoms with Crippen molar-refractivity contribution in [2.24, 2.45) is 17.8 Å². The number of anilines is 1.